The Morgan fingerprint density at radius 2 is 2.05 bits per heavy atom. The van der Waals surface area contributed by atoms with Crippen molar-refractivity contribution in [2.24, 2.45) is 0 Å². The minimum absolute atomic E-state index is 0.0707. The molecule has 0 spiro atoms. The highest BCUT2D eigenvalue weighted by molar-refractivity contribution is 6.41. The zero-order chi connectivity index (χ0) is 15.1. The molecule has 0 aliphatic rings. The summed E-state index contributed by atoms with van der Waals surface area (Å²) in [4.78, 5) is 23.2. The maximum Gasteiger partial charge on any atom is 0.379 e. The molecular formula is C14H16O6. The normalized spacial score (nSPS) is 9.70. The fourth-order valence-corrected chi connectivity index (χ4v) is 1.46. The molecule has 20 heavy (non-hydrogen) atoms. The van der Waals surface area contributed by atoms with Gasteiger partial charge in [-0.2, -0.15) is 0 Å². The minimum Gasteiger partial charge on any atom is -0.507 e. The molecule has 1 aromatic rings. The van der Waals surface area contributed by atoms with Crippen LogP contribution < -0.4 is 9.47 Å². The molecule has 1 rings (SSSR count). The Labute approximate surface area is 116 Å². The monoisotopic (exact) mass is 280 g/mol. The number of hydrogen-bond donors (Lipinski definition) is 1. The number of carbonyl (C=O) groups is 2. The number of Topliss-reactive ketones (excluding diaryl/α,β-unsaturated/α-hetero) is 1. The molecule has 6 heteroatoms. The van der Waals surface area contributed by atoms with Crippen LogP contribution in [-0.2, 0) is 9.53 Å². The van der Waals surface area contributed by atoms with E-state index in [1.165, 1.54) is 25.3 Å². The van der Waals surface area contributed by atoms with Crippen LogP contribution in [0.1, 0.15) is 17.3 Å². The number of aromatic hydroxyl groups is 1. The van der Waals surface area contributed by atoms with Gasteiger partial charge < -0.3 is 19.3 Å². The summed E-state index contributed by atoms with van der Waals surface area (Å²) in [6.07, 6.45) is 1.51. The molecule has 0 saturated carbocycles. The third-order valence-corrected chi connectivity index (χ3v) is 2.34. The fraction of sp³-hybridized carbons (Fsp3) is 0.286. The molecular weight excluding hydrogens is 264 g/mol. The van der Waals surface area contributed by atoms with Crippen molar-refractivity contribution in [3.8, 4) is 17.2 Å². The van der Waals surface area contributed by atoms with E-state index in [2.05, 4.69) is 11.3 Å². The van der Waals surface area contributed by atoms with Gasteiger partial charge in [0, 0.05) is 6.07 Å². The number of esters is 1. The standard InChI is InChI=1S/C14H16O6/c1-4-6-20-12-7-9(10(15)8-11(12)18-3)13(16)14(17)19-5-2/h4,7-8,15H,1,5-6H2,2-3H3. The molecule has 0 aliphatic carbocycles. The number of carbonyl (C=O) groups excluding carboxylic acids is 2. The lowest BCUT2D eigenvalue weighted by Crippen LogP contribution is -2.17. The van der Waals surface area contributed by atoms with Gasteiger partial charge in [0.1, 0.15) is 12.4 Å². The summed E-state index contributed by atoms with van der Waals surface area (Å²) in [5.41, 5.74) is -0.205. The zero-order valence-electron chi connectivity index (χ0n) is 11.3. The van der Waals surface area contributed by atoms with Crippen molar-refractivity contribution in [2.45, 2.75) is 6.92 Å². The molecule has 0 heterocycles. The van der Waals surface area contributed by atoms with Gasteiger partial charge >= 0.3 is 5.97 Å². The van der Waals surface area contributed by atoms with Gasteiger partial charge in [0.25, 0.3) is 5.78 Å². The summed E-state index contributed by atoms with van der Waals surface area (Å²) in [6, 6.07) is 2.43. The average molecular weight is 280 g/mol. The SMILES string of the molecule is C=CCOc1cc(C(=O)C(=O)OCC)c(O)cc1OC. The van der Waals surface area contributed by atoms with Gasteiger partial charge in [-0.3, -0.25) is 4.79 Å². The van der Waals surface area contributed by atoms with E-state index >= 15 is 0 Å². The van der Waals surface area contributed by atoms with Crippen LogP contribution in [0.25, 0.3) is 0 Å². The highest BCUT2D eigenvalue weighted by atomic mass is 16.5. The number of phenolic OH excluding ortho intramolecular Hbond substituents is 1. The Morgan fingerprint density at radius 3 is 2.60 bits per heavy atom. The number of hydrogen-bond acceptors (Lipinski definition) is 6. The Hall–Kier alpha value is -2.50. The number of ether oxygens (including phenoxy) is 3. The van der Waals surface area contributed by atoms with Crippen molar-refractivity contribution >= 4 is 11.8 Å². The molecule has 108 valence electrons. The van der Waals surface area contributed by atoms with Gasteiger partial charge in [0.05, 0.1) is 19.3 Å². The van der Waals surface area contributed by atoms with Gasteiger partial charge in [-0.05, 0) is 13.0 Å². The molecule has 0 aromatic heterocycles. The first kappa shape index (κ1) is 15.6. The van der Waals surface area contributed by atoms with Crippen molar-refractivity contribution in [2.75, 3.05) is 20.3 Å². The quantitative estimate of drug-likeness (QED) is 0.354. The summed E-state index contributed by atoms with van der Waals surface area (Å²) >= 11 is 0. The topological polar surface area (TPSA) is 82.1 Å². The molecule has 0 saturated heterocycles. The highest BCUT2D eigenvalue weighted by Crippen LogP contribution is 2.34. The van der Waals surface area contributed by atoms with Crippen molar-refractivity contribution in [3.63, 3.8) is 0 Å². The van der Waals surface area contributed by atoms with Gasteiger partial charge in [-0.1, -0.05) is 12.7 Å². The van der Waals surface area contributed by atoms with Crippen LogP contribution in [0.15, 0.2) is 24.8 Å². The molecule has 0 atom stereocenters. The largest absolute Gasteiger partial charge is 0.507 e. The Bertz CT molecular complexity index is 521. The van der Waals surface area contributed by atoms with Gasteiger partial charge in [0.15, 0.2) is 11.5 Å². The molecule has 0 bridgehead atoms. The second-order valence-electron chi connectivity index (χ2n) is 3.67. The fourth-order valence-electron chi connectivity index (χ4n) is 1.46. The molecule has 0 aliphatic heterocycles. The van der Waals surface area contributed by atoms with Crippen LogP contribution in [-0.4, -0.2) is 37.2 Å². The summed E-state index contributed by atoms with van der Waals surface area (Å²) in [6.45, 7) is 5.34. The number of methoxy groups -OCH3 is 1. The zero-order valence-corrected chi connectivity index (χ0v) is 11.3. The van der Waals surface area contributed by atoms with Crippen LogP contribution in [0.5, 0.6) is 17.2 Å². The van der Waals surface area contributed by atoms with Crippen molar-refractivity contribution < 1.29 is 28.9 Å². The third-order valence-electron chi connectivity index (χ3n) is 2.34. The first-order chi connectivity index (χ1) is 9.54. The van der Waals surface area contributed by atoms with Crippen molar-refractivity contribution in [1.29, 1.82) is 0 Å². The summed E-state index contributed by atoms with van der Waals surface area (Å²) in [7, 11) is 1.39. The Kier molecular flexibility index (Phi) is 5.58. The van der Waals surface area contributed by atoms with E-state index in [9.17, 15) is 14.7 Å². The highest BCUT2D eigenvalue weighted by Gasteiger charge is 2.23. The molecule has 1 N–H and O–H groups in total. The first-order valence-corrected chi connectivity index (χ1v) is 5.91. The van der Waals surface area contributed by atoms with E-state index in [4.69, 9.17) is 9.47 Å². The molecule has 0 unspecified atom stereocenters. The lowest BCUT2D eigenvalue weighted by atomic mass is 10.1. The summed E-state index contributed by atoms with van der Waals surface area (Å²) in [5, 5.41) is 9.78. The number of benzene rings is 1. The number of phenols is 1. The smallest absolute Gasteiger partial charge is 0.379 e. The van der Waals surface area contributed by atoms with E-state index in [1.54, 1.807) is 6.92 Å². The van der Waals surface area contributed by atoms with Crippen molar-refractivity contribution in [1.82, 2.24) is 0 Å². The summed E-state index contributed by atoms with van der Waals surface area (Å²) < 4.78 is 14.9. The molecule has 1 aromatic carbocycles. The van der Waals surface area contributed by atoms with Crippen molar-refractivity contribution in [3.05, 3.63) is 30.4 Å². The van der Waals surface area contributed by atoms with Gasteiger partial charge in [-0.15, -0.1) is 0 Å². The van der Waals surface area contributed by atoms with Crippen LogP contribution in [0.3, 0.4) is 0 Å². The first-order valence-electron chi connectivity index (χ1n) is 5.91. The van der Waals surface area contributed by atoms with E-state index in [0.29, 0.717) is 0 Å². The second-order valence-corrected chi connectivity index (χ2v) is 3.67. The second kappa shape index (κ2) is 7.18. The maximum absolute atomic E-state index is 11.8. The van der Waals surface area contributed by atoms with Gasteiger partial charge in [-0.25, -0.2) is 4.79 Å². The molecule has 0 fully saturated rings. The van der Waals surface area contributed by atoms with E-state index < -0.39 is 11.8 Å². The van der Waals surface area contributed by atoms with E-state index in [0.717, 1.165) is 0 Å². The van der Waals surface area contributed by atoms with Crippen LogP contribution in [0.2, 0.25) is 0 Å². The number of ketones is 1. The van der Waals surface area contributed by atoms with Gasteiger partial charge in [0.2, 0.25) is 0 Å². The molecule has 6 nitrogen and oxygen atoms in total. The Balaban J connectivity index is 3.16. The Morgan fingerprint density at radius 1 is 1.35 bits per heavy atom. The molecule has 0 radical (unpaired) electrons. The van der Waals surface area contributed by atoms with Crippen LogP contribution >= 0.6 is 0 Å². The lowest BCUT2D eigenvalue weighted by molar-refractivity contribution is -0.137. The van der Waals surface area contributed by atoms with E-state index in [-0.39, 0.29) is 36.0 Å². The predicted molar refractivity (Wildman–Crippen MR) is 71.3 cm³/mol. The third kappa shape index (κ3) is 3.50. The predicted octanol–water partition coefficient (Wildman–Crippen LogP) is 1.71. The van der Waals surface area contributed by atoms with Crippen LogP contribution in [0, 0.1) is 0 Å². The van der Waals surface area contributed by atoms with Crippen LogP contribution in [0.4, 0.5) is 0 Å². The summed E-state index contributed by atoms with van der Waals surface area (Å²) in [5.74, 6) is -1.91. The minimum atomic E-state index is -1.04. The van der Waals surface area contributed by atoms with E-state index in [1.807, 2.05) is 0 Å². The molecule has 0 amide bonds. The number of rotatable bonds is 7. The maximum atomic E-state index is 11.8. The lowest BCUT2D eigenvalue weighted by Gasteiger charge is -2.12. The average Bonchev–Trinajstić information content (AvgIpc) is 2.45.